The summed E-state index contributed by atoms with van der Waals surface area (Å²) >= 11 is 6.10. The van der Waals surface area contributed by atoms with Crippen LogP contribution in [-0.2, 0) is 10.2 Å². The highest BCUT2D eigenvalue weighted by molar-refractivity contribution is 6.32. The van der Waals surface area contributed by atoms with Crippen LogP contribution in [0.5, 0.6) is 11.5 Å². The fourth-order valence-electron chi connectivity index (χ4n) is 1.87. The molecule has 0 atom stereocenters. The number of hydrogen-bond acceptors (Lipinski definition) is 3. The van der Waals surface area contributed by atoms with E-state index in [9.17, 15) is 4.79 Å². The van der Waals surface area contributed by atoms with Gasteiger partial charge in [0.15, 0.2) is 0 Å². The van der Waals surface area contributed by atoms with Gasteiger partial charge in [-0.1, -0.05) is 25.4 Å². The van der Waals surface area contributed by atoms with Crippen molar-refractivity contribution in [1.29, 1.82) is 0 Å². The Balaban J connectivity index is 3.36. The van der Waals surface area contributed by atoms with Gasteiger partial charge < -0.3 is 14.6 Å². The van der Waals surface area contributed by atoms with E-state index >= 15 is 0 Å². The number of ether oxygens (including phenoxy) is 2. The summed E-state index contributed by atoms with van der Waals surface area (Å²) < 4.78 is 10.4. The van der Waals surface area contributed by atoms with Gasteiger partial charge in [0.1, 0.15) is 11.5 Å². The Bertz CT molecular complexity index is 455. The van der Waals surface area contributed by atoms with E-state index < -0.39 is 11.4 Å². The highest BCUT2D eigenvalue weighted by atomic mass is 35.5. The molecular weight excluding hydrogens is 256 g/mol. The van der Waals surface area contributed by atoms with E-state index in [1.54, 1.807) is 12.1 Å². The van der Waals surface area contributed by atoms with E-state index in [1.807, 2.05) is 13.8 Å². The molecule has 1 aromatic carbocycles. The van der Waals surface area contributed by atoms with E-state index in [2.05, 4.69) is 0 Å². The van der Waals surface area contributed by atoms with Crippen LogP contribution in [0, 0.1) is 0 Å². The van der Waals surface area contributed by atoms with Crippen LogP contribution in [0.1, 0.15) is 25.8 Å². The standard InChI is InChI=1S/C13H17ClO4/c1-13(2,7-11(15)16)9-5-8(17-3)6-10(14)12(9)18-4/h5-6H,7H2,1-4H3,(H,15,16). The number of carboxylic acid groups (broad SMARTS) is 1. The molecule has 18 heavy (non-hydrogen) atoms. The first-order chi connectivity index (χ1) is 8.31. The molecule has 0 saturated carbocycles. The molecule has 0 radical (unpaired) electrons. The molecule has 1 N–H and O–H groups in total. The van der Waals surface area contributed by atoms with Gasteiger partial charge in [-0.2, -0.15) is 0 Å². The van der Waals surface area contributed by atoms with Crippen molar-refractivity contribution in [2.24, 2.45) is 0 Å². The van der Waals surface area contributed by atoms with Crippen molar-refractivity contribution in [3.63, 3.8) is 0 Å². The predicted molar refractivity (Wildman–Crippen MR) is 69.8 cm³/mol. The molecule has 0 aliphatic heterocycles. The molecule has 0 bridgehead atoms. The topological polar surface area (TPSA) is 55.8 Å². The average molecular weight is 273 g/mol. The van der Waals surface area contributed by atoms with E-state index in [0.717, 1.165) is 5.56 Å². The van der Waals surface area contributed by atoms with Crippen LogP contribution < -0.4 is 9.47 Å². The van der Waals surface area contributed by atoms with Crippen LogP contribution in [0.4, 0.5) is 0 Å². The van der Waals surface area contributed by atoms with E-state index in [4.69, 9.17) is 26.2 Å². The smallest absolute Gasteiger partial charge is 0.304 e. The molecule has 0 saturated heterocycles. The number of carboxylic acids is 1. The third-order valence-electron chi connectivity index (χ3n) is 2.78. The van der Waals surface area contributed by atoms with Crippen LogP contribution in [-0.4, -0.2) is 25.3 Å². The summed E-state index contributed by atoms with van der Waals surface area (Å²) in [6.45, 7) is 3.66. The molecule has 0 fully saturated rings. The molecule has 4 nitrogen and oxygen atoms in total. The molecule has 100 valence electrons. The Morgan fingerprint density at radius 1 is 1.33 bits per heavy atom. The number of aliphatic carboxylic acids is 1. The molecule has 0 unspecified atom stereocenters. The number of halogens is 1. The quantitative estimate of drug-likeness (QED) is 0.895. The lowest BCUT2D eigenvalue weighted by atomic mass is 9.81. The van der Waals surface area contributed by atoms with E-state index in [1.165, 1.54) is 14.2 Å². The zero-order valence-electron chi connectivity index (χ0n) is 10.9. The Morgan fingerprint density at radius 3 is 2.39 bits per heavy atom. The number of rotatable bonds is 5. The maximum absolute atomic E-state index is 10.9. The van der Waals surface area contributed by atoms with Gasteiger partial charge in [-0.25, -0.2) is 0 Å². The summed E-state index contributed by atoms with van der Waals surface area (Å²) in [4.78, 5) is 10.9. The molecule has 1 aromatic rings. The van der Waals surface area contributed by atoms with Gasteiger partial charge in [0.2, 0.25) is 0 Å². The highest BCUT2D eigenvalue weighted by Crippen LogP contribution is 2.41. The number of carbonyl (C=O) groups is 1. The van der Waals surface area contributed by atoms with Gasteiger partial charge >= 0.3 is 5.97 Å². The molecular formula is C13H17ClO4. The number of benzene rings is 1. The molecule has 1 rings (SSSR count). The van der Waals surface area contributed by atoms with E-state index in [-0.39, 0.29) is 6.42 Å². The summed E-state index contributed by atoms with van der Waals surface area (Å²) in [5, 5.41) is 9.37. The van der Waals surface area contributed by atoms with Crippen LogP contribution >= 0.6 is 11.6 Å². The molecule has 0 amide bonds. The summed E-state index contributed by atoms with van der Waals surface area (Å²) in [6.07, 6.45) is -0.0210. The third kappa shape index (κ3) is 3.07. The largest absolute Gasteiger partial charge is 0.497 e. The summed E-state index contributed by atoms with van der Waals surface area (Å²) in [7, 11) is 3.04. The van der Waals surface area contributed by atoms with Crippen molar-refractivity contribution in [3.05, 3.63) is 22.7 Å². The molecule has 0 aromatic heterocycles. The fraction of sp³-hybridized carbons (Fsp3) is 0.462. The van der Waals surface area contributed by atoms with Crippen molar-refractivity contribution in [2.45, 2.75) is 25.7 Å². The van der Waals surface area contributed by atoms with Gasteiger partial charge in [0, 0.05) is 17.0 Å². The lowest BCUT2D eigenvalue weighted by Gasteiger charge is -2.26. The lowest BCUT2D eigenvalue weighted by Crippen LogP contribution is -2.22. The summed E-state index contributed by atoms with van der Waals surface area (Å²) in [5.41, 5.74) is 0.117. The van der Waals surface area contributed by atoms with Gasteiger partial charge in [-0.15, -0.1) is 0 Å². The van der Waals surface area contributed by atoms with Crippen LogP contribution in [0.25, 0.3) is 0 Å². The highest BCUT2D eigenvalue weighted by Gasteiger charge is 2.29. The Morgan fingerprint density at radius 2 is 1.94 bits per heavy atom. The van der Waals surface area contributed by atoms with Gasteiger partial charge in [0.25, 0.3) is 0 Å². The zero-order chi connectivity index (χ0) is 13.9. The fourth-order valence-corrected chi connectivity index (χ4v) is 2.16. The number of hydrogen-bond donors (Lipinski definition) is 1. The normalized spacial score (nSPS) is 11.2. The molecule has 5 heteroatoms. The first kappa shape index (κ1) is 14.6. The molecule has 0 aliphatic rings. The minimum Gasteiger partial charge on any atom is -0.497 e. The monoisotopic (exact) mass is 272 g/mol. The Hall–Kier alpha value is -1.42. The maximum atomic E-state index is 10.9. The second-order valence-electron chi connectivity index (χ2n) is 4.64. The SMILES string of the molecule is COc1cc(Cl)c(OC)c(C(C)(C)CC(=O)O)c1. The van der Waals surface area contributed by atoms with Crippen molar-refractivity contribution >= 4 is 17.6 Å². The maximum Gasteiger partial charge on any atom is 0.304 e. The third-order valence-corrected chi connectivity index (χ3v) is 3.06. The summed E-state index contributed by atoms with van der Waals surface area (Å²) in [6, 6.07) is 3.40. The molecule has 0 aliphatic carbocycles. The van der Waals surface area contributed by atoms with Gasteiger partial charge in [-0.05, 0) is 6.07 Å². The average Bonchev–Trinajstić information content (AvgIpc) is 2.26. The van der Waals surface area contributed by atoms with Crippen molar-refractivity contribution < 1.29 is 19.4 Å². The van der Waals surface area contributed by atoms with Crippen LogP contribution in [0.15, 0.2) is 12.1 Å². The van der Waals surface area contributed by atoms with Crippen molar-refractivity contribution in [1.82, 2.24) is 0 Å². The molecule has 0 spiro atoms. The minimum atomic E-state index is -0.874. The van der Waals surface area contributed by atoms with Crippen molar-refractivity contribution in [3.8, 4) is 11.5 Å². The molecule has 0 heterocycles. The number of methoxy groups -OCH3 is 2. The lowest BCUT2D eigenvalue weighted by molar-refractivity contribution is -0.138. The van der Waals surface area contributed by atoms with Gasteiger partial charge in [-0.3, -0.25) is 4.79 Å². The second kappa shape index (κ2) is 5.48. The second-order valence-corrected chi connectivity index (χ2v) is 5.05. The predicted octanol–water partition coefficient (Wildman–Crippen LogP) is 3.11. The summed E-state index contributed by atoms with van der Waals surface area (Å²) in [5.74, 6) is 0.193. The first-order valence-electron chi connectivity index (χ1n) is 5.45. The Kier molecular flexibility index (Phi) is 4.46. The van der Waals surface area contributed by atoms with Crippen LogP contribution in [0.3, 0.4) is 0 Å². The first-order valence-corrected chi connectivity index (χ1v) is 5.83. The van der Waals surface area contributed by atoms with Crippen LogP contribution in [0.2, 0.25) is 5.02 Å². The zero-order valence-corrected chi connectivity index (χ0v) is 11.7. The minimum absolute atomic E-state index is 0.0210. The van der Waals surface area contributed by atoms with E-state index in [0.29, 0.717) is 16.5 Å². The van der Waals surface area contributed by atoms with Crippen molar-refractivity contribution in [2.75, 3.05) is 14.2 Å². The van der Waals surface area contributed by atoms with Gasteiger partial charge in [0.05, 0.1) is 25.7 Å². The Labute approximate surface area is 111 Å².